The first-order valence-corrected chi connectivity index (χ1v) is 12.8. The van der Waals surface area contributed by atoms with Gasteiger partial charge < -0.3 is 19.3 Å². The third kappa shape index (κ3) is 5.60. The molecule has 0 bridgehead atoms. The number of ether oxygens (including phenoxy) is 3. The molecule has 4 rings (SSSR count). The van der Waals surface area contributed by atoms with Crippen LogP contribution >= 0.6 is 0 Å². The highest BCUT2D eigenvalue weighted by Crippen LogP contribution is 2.33. The minimum atomic E-state index is -3.62. The number of fused-ring (bicyclic) bond motifs is 1. The van der Waals surface area contributed by atoms with Crippen LogP contribution in [0.1, 0.15) is 25.3 Å². The van der Waals surface area contributed by atoms with Gasteiger partial charge in [-0.05, 0) is 29.7 Å². The van der Waals surface area contributed by atoms with E-state index >= 15 is 0 Å². The fraction of sp³-hybridized carbons (Fsp3) is 0.500. The molecule has 0 amide bonds. The first-order chi connectivity index (χ1) is 15.8. The molecule has 2 aromatic rings. The van der Waals surface area contributed by atoms with Crippen LogP contribution in [0.4, 0.5) is 0 Å². The van der Waals surface area contributed by atoms with E-state index in [0.717, 1.165) is 11.3 Å². The van der Waals surface area contributed by atoms with Crippen molar-refractivity contribution in [3.05, 3.63) is 48.0 Å². The first kappa shape index (κ1) is 23.8. The Kier molecular flexibility index (Phi) is 7.43. The molecule has 33 heavy (non-hydrogen) atoms. The van der Waals surface area contributed by atoms with Gasteiger partial charge in [0.25, 0.3) is 0 Å². The molecule has 0 unspecified atom stereocenters. The Balaban J connectivity index is 1.29. The maximum atomic E-state index is 13.1. The molecule has 180 valence electrons. The van der Waals surface area contributed by atoms with Gasteiger partial charge in [-0.15, -0.1) is 0 Å². The van der Waals surface area contributed by atoms with E-state index in [-0.39, 0.29) is 11.5 Å². The SMILES string of the molecule is CC(C)c1ccccc1OC[C@H](O)CN1CCN(S(=O)(=O)c2ccc3c(c2)OCCO3)CC1. The highest BCUT2D eigenvalue weighted by atomic mass is 32.2. The summed E-state index contributed by atoms with van der Waals surface area (Å²) in [6, 6.07) is 12.6. The third-order valence-corrected chi connectivity index (χ3v) is 7.82. The van der Waals surface area contributed by atoms with E-state index in [2.05, 4.69) is 18.7 Å². The maximum Gasteiger partial charge on any atom is 0.243 e. The zero-order valence-corrected chi connectivity index (χ0v) is 20.0. The zero-order valence-electron chi connectivity index (χ0n) is 19.1. The van der Waals surface area contributed by atoms with Gasteiger partial charge >= 0.3 is 0 Å². The lowest BCUT2D eigenvalue weighted by atomic mass is 10.0. The van der Waals surface area contributed by atoms with Crippen molar-refractivity contribution < 1.29 is 27.7 Å². The van der Waals surface area contributed by atoms with Gasteiger partial charge in [-0.25, -0.2) is 8.42 Å². The Morgan fingerprint density at radius 2 is 1.70 bits per heavy atom. The lowest BCUT2D eigenvalue weighted by Gasteiger charge is -2.35. The van der Waals surface area contributed by atoms with E-state index in [0.29, 0.717) is 63.4 Å². The van der Waals surface area contributed by atoms with Crippen LogP contribution in [0, 0.1) is 0 Å². The van der Waals surface area contributed by atoms with Crippen molar-refractivity contribution in [1.82, 2.24) is 9.21 Å². The fourth-order valence-corrected chi connectivity index (χ4v) is 5.55. The molecular formula is C24H32N2O6S. The van der Waals surface area contributed by atoms with Crippen LogP contribution < -0.4 is 14.2 Å². The van der Waals surface area contributed by atoms with Crippen LogP contribution in [0.3, 0.4) is 0 Å². The summed E-state index contributed by atoms with van der Waals surface area (Å²) in [5, 5.41) is 10.5. The second-order valence-corrected chi connectivity index (χ2v) is 10.6. The molecule has 1 fully saturated rings. The number of para-hydroxylation sites is 1. The Bertz CT molecular complexity index is 1050. The van der Waals surface area contributed by atoms with Crippen LogP contribution in [-0.4, -0.2) is 81.4 Å². The van der Waals surface area contributed by atoms with Crippen molar-refractivity contribution in [2.75, 3.05) is 52.5 Å². The second kappa shape index (κ2) is 10.3. The molecule has 8 nitrogen and oxygen atoms in total. The molecule has 1 saturated heterocycles. The predicted molar refractivity (Wildman–Crippen MR) is 125 cm³/mol. The third-order valence-electron chi connectivity index (χ3n) is 5.92. The molecular weight excluding hydrogens is 444 g/mol. The van der Waals surface area contributed by atoms with E-state index in [1.807, 2.05) is 24.3 Å². The summed E-state index contributed by atoms with van der Waals surface area (Å²) in [7, 11) is -3.62. The highest BCUT2D eigenvalue weighted by Gasteiger charge is 2.30. The summed E-state index contributed by atoms with van der Waals surface area (Å²) in [6.45, 7) is 7.52. The number of piperazine rings is 1. The van der Waals surface area contributed by atoms with Crippen LogP contribution in [0.25, 0.3) is 0 Å². The number of hydrogen-bond acceptors (Lipinski definition) is 7. The van der Waals surface area contributed by atoms with Crippen LogP contribution in [0.15, 0.2) is 47.4 Å². The van der Waals surface area contributed by atoms with Crippen molar-refractivity contribution >= 4 is 10.0 Å². The van der Waals surface area contributed by atoms with Crippen molar-refractivity contribution in [2.24, 2.45) is 0 Å². The lowest BCUT2D eigenvalue weighted by molar-refractivity contribution is 0.0565. The van der Waals surface area contributed by atoms with Crippen molar-refractivity contribution in [3.8, 4) is 17.2 Å². The monoisotopic (exact) mass is 476 g/mol. The molecule has 2 aliphatic rings. The van der Waals surface area contributed by atoms with Gasteiger partial charge in [-0.3, -0.25) is 4.90 Å². The minimum absolute atomic E-state index is 0.194. The number of β-amino-alcohol motifs (C(OH)–C–C–N with tert-alkyl or cyclic N) is 1. The number of hydrogen-bond donors (Lipinski definition) is 1. The van der Waals surface area contributed by atoms with E-state index < -0.39 is 16.1 Å². The van der Waals surface area contributed by atoms with Gasteiger partial charge in [-0.2, -0.15) is 4.31 Å². The van der Waals surface area contributed by atoms with Crippen LogP contribution in [0.2, 0.25) is 0 Å². The van der Waals surface area contributed by atoms with Gasteiger partial charge in [0.2, 0.25) is 10.0 Å². The molecule has 2 aliphatic heterocycles. The average molecular weight is 477 g/mol. The van der Waals surface area contributed by atoms with Crippen molar-refractivity contribution in [3.63, 3.8) is 0 Å². The molecule has 0 saturated carbocycles. The molecule has 0 aromatic heterocycles. The quantitative estimate of drug-likeness (QED) is 0.626. The Morgan fingerprint density at radius 1 is 1.00 bits per heavy atom. The summed E-state index contributed by atoms with van der Waals surface area (Å²) in [4.78, 5) is 2.27. The zero-order chi connectivity index (χ0) is 23.4. The maximum absolute atomic E-state index is 13.1. The second-order valence-electron chi connectivity index (χ2n) is 8.67. The van der Waals surface area contributed by atoms with E-state index in [4.69, 9.17) is 14.2 Å². The van der Waals surface area contributed by atoms with E-state index in [1.54, 1.807) is 12.1 Å². The largest absolute Gasteiger partial charge is 0.491 e. The summed E-state index contributed by atoms with van der Waals surface area (Å²) in [5.74, 6) is 2.16. The molecule has 1 N–H and O–H groups in total. The van der Waals surface area contributed by atoms with E-state index in [9.17, 15) is 13.5 Å². The minimum Gasteiger partial charge on any atom is -0.491 e. The van der Waals surface area contributed by atoms with Crippen LogP contribution in [0.5, 0.6) is 17.2 Å². The van der Waals surface area contributed by atoms with Crippen molar-refractivity contribution in [2.45, 2.75) is 30.8 Å². The number of aliphatic hydroxyl groups is 1. The molecule has 2 heterocycles. The Morgan fingerprint density at radius 3 is 2.42 bits per heavy atom. The topological polar surface area (TPSA) is 88.5 Å². The normalized spacial score (nSPS) is 18.3. The molecule has 0 spiro atoms. The first-order valence-electron chi connectivity index (χ1n) is 11.4. The number of aliphatic hydroxyl groups excluding tert-OH is 1. The average Bonchev–Trinajstić information content (AvgIpc) is 2.83. The lowest BCUT2D eigenvalue weighted by Crippen LogP contribution is -2.50. The molecule has 1 atom stereocenters. The van der Waals surface area contributed by atoms with Gasteiger partial charge in [-0.1, -0.05) is 32.0 Å². The highest BCUT2D eigenvalue weighted by molar-refractivity contribution is 7.89. The van der Waals surface area contributed by atoms with Gasteiger partial charge in [0.15, 0.2) is 11.5 Å². The molecule has 9 heteroatoms. The van der Waals surface area contributed by atoms with Gasteiger partial charge in [0.1, 0.15) is 31.7 Å². The molecule has 0 radical (unpaired) electrons. The summed E-state index contributed by atoms with van der Waals surface area (Å²) >= 11 is 0. The van der Waals surface area contributed by atoms with E-state index in [1.165, 1.54) is 10.4 Å². The smallest absolute Gasteiger partial charge is 0.243 e. The summed E-state index contributed by atoms with van der Waals surface area (Å²) < 4.78 is 44.5. The van der Waals surface area contributed by atoms with Gasteiger partial charge in [0.05, 0.1) is 4.90 Å². The number of benzene rings is 2. The number of sulfonamides is 1. The Hall–Kier alpha value is -2.33. The summed E-state index contributed by atoms with van der Waals surface area (Å²) in [5.41, 5.74) is 1.11. The van der Waals surface area contributed by atoms with Crippen LogP contribution in [-0.2, 0) is 10.0 Å². The van der Waals surface area contributed by atoms with Gasteiger partial charge in [0, 0.05) is 38.8 Å². The predicted octanol–water partition coefficient (Wildman–Crippen LogP) is 2.33. The number of nitrogens with zero attached hydrogens (tertiary/aromatic N) is 2. The fourth-order valence-electron chi connectivity index (χ4n) is 4.11. The molecule has 2 aromatic carbocycles. The number of rotatable bonds is 8. The molecule has 0 aliphatic carbocycles. The standard InChI is InChI=1S/C24H32N2O6S/c1-18(2)21-5-3-4-6-22(21)32-17-19(27)16-25-9-11-26(12-10-25)33(28,29)20-7-8-23-24(15-20)31-14-13-30-23/h3-8,15,18-19,27H,9-14,16-17H2,1-2H3/t19-/m1/s1. The Labute approximate surface area is 195 Å². The van der Waals surface area contributed by atoms with Crippen molar-refractivity contribution in [1.29, 1.82) is 0 Å². The summed E-state index contributed by atoms with van der Waals surface area (Å²) in [6.07, 6.45) is -0.661.